The zero-order valence-corrected chi connectivity index (χ0v) is 13.0. The van der Waals surface area contributed by atoms with Crippen molar-refractivity contribution in [2.45, 2.75) is 38.1 Å². The van der Waals surface area contributed by atoms with Gasteiger partial charge in [-0.05, 0) is 37.6 Å². The van der Waals surface area contributed by atoms with Gasteiger partial charge in [-0.15, -0.1) is 0 Å². The van der Waals surface area contributed by atoms with Crippen molar-refractivity contribution >= 4 is 5.91 Å². The van der Waals surface area contributed by atoms with Crippen molar-refractivity contribution in [1.29, 1.82) is 0 Å². The van der Waals surface area contributed by atoms with Crippen LogP contribution in [0.15, 0.2) is 0 Å². The van der Waals surface area contributed by atoms with E-state index in [0.717, 1.165) is 38.5 Å². The number of carbonyl (C=O) groups excluding carboxylic acids is 1. The summed E-state index contributed by atoms with van der Waals surface area (Å²) in [5.74, 6) is 1.81. The summed E-state index contributed by atoms with van der Waals surface area (Å²) in [6.07, 6.45) is 5.50. The molecular formula is C16H29N3O2. The van der Waals surface area contributed by atoms with Crippen LogP contribution in [-0.4, -0.2) is 67.7 Å². The van der Waals surface area contributed by atoms with Gasteiger partial charge in [0.05, 0.1) is 13.2 Å². The van der Waals surface area contributed by atoms with Crippen LogP contribution < -0.4 is 5.73 Å². The Balaban J connectivity index is 1.37. The van der Waals surface area contributed by atoms with Crippen molar-refractivity contribution in [3.63, 3.8) is 0 Å². The molecule has 2 heterocycles. The molecule has 0 spiro atoms. The Morgan fingerprint density at radius 2 is 2.00 bits per heavy atom. The molecule has 0 radical (unpaired) electrons. The standard InChI is InChI=1S/C16H29N3O2/c17-15-4-1-3-13-11-18(12-14(13)15)6-2-5-16(20)19-7-9-21-10-8-19/h13-15H,1-12,17H2. The summed E-state index contributed by atoms with van der Waals surface area (Å²) in [6, 6.07) is 0.406. The molecule has 3 atom stereocenters. The maximum absolute atomic E-state index is 12.1. The number of fused-ring (bicyclic) bond motifs is 1. The van der Waals surface area contributed by atoms with Gasteiger partial charge in [0.15, 0.2) is 0 Å². The Morgan fingerprint density at radius 1 is 1.19 bits per heavy atom. The molecule has 1 saturated carbocycles. The summed E-state index contributed by atoms with van der Waals surface area (Å²) in [4.78, 5) is 16.6. The number of nitrogens with two attached hydrogens (primary N) is 1. The molecule has 3 rings (SSSR count). The first kappa shape index (κ1) is 15.3. The molecule has 5 heteroatoms. The van der Waals surface area contributed by atoms with Crippen molar-refractivity contribution in [2.24, 2.45) is 17.6 Å². The van der Waals surface area contributed by atoms with E-state index in [0.29, 0.717) is 37.5 Å². The molecule has 2 aliphatic heterocycles. The number of carbonyl (C=O) groups is 1. The van der Waals surface area contributed by atoms with Gasteiger partial charge in [-0.25, -0.2) is 0 Å². The molecule has 3 fully saturated rings. The Kier molecular flexibility index (Phi) is 5.14. The van der Waals surface area contributed by atoms with Gasteiger partial charge in [0.1, 0.15) is 0 Å². The van der Waals surface area contributed by atoms with Gasteiger partial charge in [0.2, 0.25) is 5.91 Å². The predicted molar refractivity (Wildman–Crippen MR) is 81.9 cm³/mol. The summed E-state index contributed by atoms with van der Waals surface area (Å²) in [5.41, 5.74) is 6.26. The Labute approximate surface area is 127 Å². The second-order valence-corrected chi connectivity index (χ2v) is 6.87. The quantitative estimate of drug-likeness (QED) is 0.829. The summed E-state index contributed by atoms with van der Waals surface area (Å²) < 4.78 is 5.29. The van der Waals surface area contributed by atoms with Crippen LogP contribution in [0.25, 0.3) is 0 Å². The highest BCUT2D eigenvalue weighted by Crippen LogP contribution is 2.35. The van der Waals surface area contributed by atoms with Crippen LogP contribution in [0.5, 0.6) is 0 Å². The maximum atomic E-state index is 12.1. The number of ether oxygens (including phenoxy) is 1. The largest absolute Gasteiger partial charge is 0.378 e. The lowest BCUT2D eigenvalue weighted by Gasteiger charge is -2.29. The Morgan fingerprint density at radius 3 is 2.76 bits per heavy atom. The van der Waals surface area contributed by atoms with Crippen LogP contribution in [0.4, 0.5) is 0 Å². The van der Waals surface area contributed by atoms with Gasteiger partial charge in [-0.2, -0.15) is 0 Å². The SMILES string of the molecule is NC1CCCC2CN(CCCC(=O)N3CCOCC3)CC12. The fraction of sp³-hybridized carbons (Fsp3) is 0.938. The van der Waals surface area contributed by atoms with Gasteiger partial charge in [-0.3, -0.25) is 4.79 Å². The van der Waals surface area contributed by atoms with Crippen LogP contribution in [-0.2, 0) is 9.53 Å². The van der Waals surface area contributed by atoms with E-state index in [1.807, 2.05) is 4.90 Å². The van der Waals surface area contributed by atoms with E-state index in [-0.39, 0.29) is 0 Å². The first-order valence-electron chi connectivity index (χ1n) is 8.57. The van der Waals surface area contributed by atoms with E-state index < -0.39 is 0 Å². The molecule has 2 N–H and O–H groups in total. The summed E-state index contributed by atoms with van der Waals surface area (Å²) >= 11 is 0. The molecule has 1 aliphatic carbocycles. The highest BCUT2D eigenvalue weighted by atomic mass is 16.5. The molecule has 0 aromatic rings. The van der Waals surface area contributed by atoms with E-state index in [4.69, 9.17) is 10.5 Å². The van der Waals surface area contributed by atoms with Crippen LogP contribution in [0.1, 0.15) is 32.1 Å². The number of hydrogen-bond acceptors (Lipinski definition) is 4. The van der Waals surface area contributed by atoms with Gasteiger partial charge in [0.25, 0.3) is 0 Å². The first-order chi connectivity index (χ1) is 10.2. The number of amides is 1. The lowest BCUT2D eigenvalue weighted by Crippen LogP contribution is -2.40. The lowest BCUT2D eigenvalue weighted by molar-refractivity contribution is -0.135. The molecule has 0 aromatic carbocycles. The highest BCUT2D eigenvalue weighted by molar-refractivity contribution is 5.76. The van der Waals surface area contributed by atoms with E-state index in [9.17, 15) is 4.79 Å². The third kappa shape index (κ3) is 3.76. The van der Waals surface area contributed by atoms with Crippen molar-refractivity contribution in [3.8, 4) is 0 Å². The van der Waals surface area contributed by atoms with Crippen molar-refractivity contribution < 1.29 is 9.53 Å². The lowest BCUT2D eigenvalue weighted by atomic mass is 9.78. The predicted octanol–water partition coefficient (Wildman–Crippen LogP) is 0.685. The fourth-order valence-corrected chi connectivity index (χ4v) is 4.22. The second-order valence-electron chi connectivity index (χ2n) is 6.87. The molecular weight excluding hydrogens is 266 g/mol. The van der Waals surface area contributed by atoms with Crippen molar-refractivity contribution in [1.82, 2.24) is 9.80 Å². The zero-order valence-electron chi connectivity index (χ0n) is 13.0. The minimum atomic E-state index is 0.298. The molecule has 3 unspecified atom stereocenters. The minimum Gasteiger partial charge on any atom is -0.378 e. The maximum Gasteiger partial charge on any atom is 0.222 e. The summed E-state index contributed by atoms with van der Waals surface area (Å²) in [7, 11) is 0. The van der Waals surface area contributed by atoms with Crippen LogP contribution in [0.2, 0.25) is 0 Å². The molecule has 0 aromatic heterocycles. The van der Waals surface area contributed by atoms with Gasteiger partial charge < -0.3 is 20.3 Å². The average Bonchev–Trinajstić information content (AvgIpc) is 2.92. The van der Waals surface area contributed by atoms with E-state index in [2.05, 4.69) is 4.90 Å². The van der Waals surface area contributed by atoms with E-state index >= 15 is 0 Å². The van der Waals surface area contributed by atoms with Crippen molar-refractivity contribution in [3.05, 3.63) is 0 Å². The number of morpholine rings is 1. The third-order valence-electron chi connectivity index (χ3n) is 5.46. The molecule has 2 saturated heterocycles. The zero-order chi connectivity index (χ0) is 14.7. The highest BCUT2D eigenvalue weighted by Gasteiger charge is 2.38. The van der Waals surface area contributed by atoms with Gasteiger partial charge in [-0.1, -0.05) is 6.42 Å². The molecule has 1 amide bonds. The number of likely N-dealkylation sites (tertiary alicyclic amines) is 1. The fourth-order valence-electron chi connectivity index (χ4n) is 4.22. The van der Waals surface area contributed by atoms with E-state index in [1.54, 1.807) is 0 Å². The van der Waals surface area contributed by atoms with Crippen LogP contribution in [0.3, 0.4) is 0 Å². The summed E-state index contributed by atoms with van der Waals surface area (Å²) in [6.45, 7) is 6.32. The smallest absolute Gasteiger partial charge is 0.222 e. The van der Waals surface area contributed by atoms with Gasteiger partial charge >= 0.3 is 0 Å². The first-order valence-corrected chi connectivity index (χ1v) is 8.57. The molecule has 5 nitrogen and oxygen atoms in total. The average molecular weight is 295 g/mol. The monoisotopic (exact) mass is 295 g/mol. The second kappa shape index (κ2) is 7.07. The topological polar surface area (TPSA) is 58.8 Å². The molecule has 21 heavy (non-hydrogen) atoms. The van der Waals surface area contributed by atoms with Gasteiger partial charge in [0, 0.05) is 38.6 Å². The normalized spacial score (nSPS) is 34.0. The Hall–Kier alpha value is -0.650. The third-order valence-corrected chi connectivity index (χ3v) is 5.46. The Bertz CT molecular complexity index is 357. The summed E-state index contributed by atoms with van der Waals surface area (Å²) in [5, 5.41) is 0. The van der Waals surface area contributed by atoms with Crippen LogP contribution >= 0.6 is 0 Å². The number of nitrogens with zero attached hydrogens (tertiary/aromatic N) is 2. The van der Waals surface area contributed by atoms with Crippen LogP contribution in [0, 0.1) is 11.8 Å². The van der Waals surface area contributed by atoms with Crippen molar-refractivity contribution in [2.75, 3.05) is 45.9 Å². The molecule has 3 aliphatic rings. The number of rotatable bonds is 4. The minimum absolute atomic E-state index is 0.298. The molecule has 0 bridgehead atoms. The van der Waals surface area contributed by atoms with E-state index in [1.165, 1.54) is 25.8 Å². The molecule has 120 valence electrons. The number of hydrogen-bond donors (Lipinski definition) is 1.